The molecular formula is C24H20N4O3S2. The van der Waals surface area contributed by atoms with Crippen LogP contribution in [-0.4, -0.2) is 22.5 Å². The van der Waals surface area contributed by atoms with E-state index in [1.165, 1.54) is 0 Å². The number of hydrogen-bond donors (Lipinski definition) is 1. The van der Waals surface area contributed by atoms with Crippen LogP contribution >= 0.6 is 11.3 Å². The minimum absolute atomic E-state index is 0.116. The number of fused-ring (bicyclic) bond motifs is 1. The van der Waals surface area contributed by atoms with Gasteiger partial charge in [-0.25, -0.2) is 18.1 Å². The lowest BCUT2D eigenvalue weighted by Crippen LogP contribution is -2.23. The maximum atomic E-state index is 12.9. The summed E-state index contributed by atoms with van der Waals surface area (Å²) in [6.45, 7) is 0.606. The standard InChI is InChI=1S/C24H20N4O3S2/c29-24-28(16-19-4-2-1-3-5-19)22-11-10-21(14-23(22)32-24)33(30,31)26-15-18-6-8-20(9-7-18)27-13-12-25-17-27/h1-14,17,26H,15-16H2. The first-order valence-electron chi connectivity index (χ1n) is 10.2. The van der Waals surface area contributed by atoms with Crippen molar-refractivity contribution in [1.82, 2.24) is 18.8 Å². The SMILES string of the molecule is O=c1sc2cc(S(=O)(=O)NCc3ccc(-n4ccnc4)cc3)ccc2n1Cc1ccccc1. The molecular weight excluding hydrogens is 456 g/mol. The van der Waals surface area contributed by atoms with Crippen molar-refractivity contribution in [2.45, 2.75) is 18.0 Å². The number of thiazole rings is 1. The Morgan fingerprint density at radius 1 is 0.939 bits per heavy atom. The fourth-order valence-corrected chi connectivity index (χ4v) is 5.64. The maximum Gasteiger partial charge on any atom is 0.308 e. The van der Waals surface area contributed by atoms with Gasteiger partial charge in [0.1, 0.15) is 0 Å². The van der Waals surface area contributed by atoms with Crippen LogP contribution in [0, 0.1) is 0 Å². The van der Waals surface area contributed by atoms with E-state index < -0.39 is 10.0 Å². The molecule has 0 saturated heterocycles. The molecule has 5 aromatic rings. The van der Waals surface area contributed by atoms with Gasteiger partial charge in [-0.3, -0.25) is 9.36 Å². The first-order valence-corrected chi connectivity index (χ1v) is 12.5. The Labute approximate surface area is 194 Å². The van der Waals surface area contributed by atoms with Gasteiger partial charge in [0.2, 0.25) is 10.0 Å². The van der Waals surface area contributed by atoms with Crippen molar-refractivity contribution in [1.29, 1.82) is 0 Å². The number of imidazole rings is 1. The second-order valence-corrected chi connectivity index (χ2v) is 10.3. The van der Waals surface area contributed by atoms with Crippen LogP contribution in [-0.2, 0) is 23.1 Å². The zero-order valence-corrected chi connectivity index (χ0v) is 19.1. The molecule has 0 aliphatic carbocycles. The number of benzene rings is 3. The van der Waals surface area contributed by atoms with Gasteiger partial charge < -0.3 is 4.57 Å². The van der Waals surface area contributed by atoms with Crippen molar-refractivity contribution >= 4 is 31.6 Å². The third-order valence-electron chi connectivity index (χ3n) is 5.34. The smallest absolute Gasteiger partial charge is 0.306 e. The topological polar surface area (TPSA) is 86.0 Å². The molecule has 0 saturated carbocycles. The average Bonchev–Trinajstić information content (AvgIpc) is 3.47. The summed E-state index contributed by atoms with van der Waals surface area (Å²) >= 11 is 1.05. The maximum absolute atomic E-state index is 12.9. The normalized spacial score (nSPS) is 11.8. The highest BCUT2D eigenvalue weighted by atomic mass is 32.2. The lowest BCUT2D eigenvalue weighted by molar-refractivity contribution is 0.581. The Balaban J connectivity index is 1.34. The molecule has 1 N–H and O–H groups in total. The van der Waals surface area contributed by atoms with E-state index in [-0.39, 0.29) is 16.3 Å². The van der Waals surface area contributed by atoms with E-state index in [2.05, 4.69) is 9.71 Å². The molecule has 0 atom stereocenters. The van der Waals surface area contributed by atoms with Crippen molar-refractivity contribution < 1.29 is 8.42 Å². The Morgan fingerprint density at radius 3 is 2.45 bits per heavy atom. The van der Waals surface area contributed by atoms with E-state index in [9.17, 15) is 13.2 Å². The summed E-state index contributed by atoms with van der Waals surface area (Å²) in [4.78, 5) is 16.6. The molecule has 0 bridgehead atoms. The van der Waals surface area contributed by atoms with E-state index in [0.29, 0.717) is 11.2 Å². The lowest BCUT2D eigenvalue weighted by Gasteiger charge is -2.09. The fourth-order valence-electron chi connectivity index (χ4n) is 3.59. The Bertz CT molecular complexity index is 1550. The highest BCUT2D eigenvalue weighted by Crippen LogP contribution is 2.23. The highest BCUT2D eigenvalue weighted by molar-refractivity contribution is 7.89. The minimum atomic E-state index is -3.74. The quantitative estimate of drug-likeness (QED) is 0.387. The summed E-state index contributed by atoms with van der Waals surface area (Å²) in [5, 5.41) is 0. The number of sulfonamides is 1. The predicted molar refractivity (Wildman–Crippen MR) is 129 cm³/mol. The number of nitrogens with zero attached hydrogens (tertiary/aromatic N) is 3. The van der Waals surface area contributed by atoms with Crippen LogP contribution in [0.1, 0.15) is 11.1 Å². The summed E-state index contributed by atoms with van der Waals surface area (Å²) in [6, 6.07) is 22.1. The van der Waals surface area contributed by atoms with E-state index in [1.807, 2.05) is 65.4 Å². The van der Waals surface area contributed by atoms with E-state index in [0.717, 1.165) is 33.7 Å². The second kappa shape index (κ2) is 8.78. The molecule has 0 aliphatic rings. The highest BCUT2D eigenvalue weighted by Gasteiger charge is 2.17. The molecule has 5 rings (SSSR count). The third-order valence-corrected chi connectivity index (χ3v) is 7.68. The van der Waals surface area contributed by atoms with Gasteiger partial charge in [0, 0.05) is 24.6 Å². The average molecular weight is 477 g/mol. The fraction of sp³-hybridized carbons (Fsp3) is 0.0833. The van der Waals surface area contributed by atoms with Gasteiger partial charge >= 0.3 is 4.87 Å². The van der Waals surface area contributed by atoms with Gasteiger partial charge in [-0.1, -0.05) is 53.8 Å². The van der Waals surface area contributed by atoms with Crippen LogP contribution in [0.25, 0.3) is 15.9 Å². The molecule has 0 unspecified atom stereocenters. The molecule has 2 heterocycles. The van der Waals surface area contributed by atoms with Crippen molar-refractivity contribution in [3.63, 3.8) is 0 Å². The van der Waals surface area contributed by atoms with Crippen LogP contribution in [0.5, 0.6) is 0 Å². The van der Waals surface area contributed by atoms with Crippen molar-refractivity contribution in [2.24, 2.45) is 0 Å². The predicted octanol–water partition coefficient (Wildman–Crippen LogP) is 3.78. The van der Waals surface area contributed by atoms with Gasteiger partial charge in [0.25, 0.3) is 0 Å². The van der Waals surface area contributed by atoms with E-state index in [1.54, 1.807) is 35.3 Å². The van der Waals surface area contributed by atoms with Crippen molar-refractivity contribution in [2.75, 3.05) is 0 Å². The first kappa shape index (κ1) is 21.3. The molecule has 0 aliphatic heterocycles. The van der Waals surface area contributed by atoms with Gasteiger partial charge in [0.15, 0.2) is 0 Å². The molecule has 0 fully saturated rings. The lowest BCUT2D eigenvalue weighted by atomic mass is 10.2. The zero-order chi connectivity index (χ0) is 22.8. The monoisotopic (exact) mass is 476 g/mol. The minimum Gasteiger partial charge on any atom is -0.306 e. The molecule has 7 nitrogen and oxygen atoms in total. The first-order chi connectivity index (χ1) is 16.0. The summed E-state index contributed by atoms with van der Waals surface area (Å²) in [7, 11) is -3.74. The molecule has 0 radical (unpaired) electrons. The Kier molecular flexibility index (Phi) is 5.67. The number of hydrogen-bond acceptors (Lipinski definition) is 5. The number of nitrogens with one attached hydrogen (secondary N) is 1. The molecule has 33 heavy (non-hydrogen) atoms. The van der Waals surface area contributed by atoms with Gasteiger partial charge in [0.05, 0.1) is 28.0 Å². The van der Waals surface area contributed by atoms with Crippen LogP contribution in [0.15, 0.2) is 101 Å². The third kappa shape index (κ3) is 4.51. The largest absolute Gasteiger partial charge is 0.308 e. The van der Waals surface area contributed by atoms with Crippen LogP contribution in [0.4, 0.5) is 0 Å². The zero-order valence-electron chi connectivity index (χ0n) is 17.5. The summed E-state index contributed by atoms with van der Waals surface area (Å²) < 4.78 is 32.6. The van der Waals surface area contributed by atoms with Crippen LogP contribution < -0.4 is 9.60 Å². The van der Waals surface area contributed by atoms with E-state index in [4.69, 9.17) is 0 Å². The summed E-state index contributed by atoms with van der Waals surface area (Å²) in [6.07, 6.45) is 5.25. The summed E-state index contributed by atoms with van der Waals surface area (Å²) in [5.41, 5.74) is 3.52. The van der Waals surface area contributed by atoms with Crippen molar-refractivity contribution in [3.8, 4) is 5.69 Å². The molecule has 3 aromatic carbocycles. The van der Waals surface area contributed by atoms with Gasteiger partial charge in [-0.05, 0) is 41.5 Å². The molecule has 166 valence electrons. The van der Waals surface area contributed by atoms with Crippen molar-refractivity contribution in [3.05, 3.63) is 112 Å². The molecule has 2 aromatic heterocycles. The van der Waals surface area contributed by atoms with Gasteiger partial charge in [-0.15, -0.1) is 0 Å². The van der Waals surface area contributed by atoms with Crippen LogP contribution in [0.2, 0.25) is 0 Å². The van der Waals surface area contributed by atoms with Crippen LogP contribution in [0.3, 0.4) is 0 Å². The molecule has 0 spiro atoms. The number of rotatable bonds is 7. The van der Waals surface area contributed by atoms with Gasteiger partial charge in [-0.2, -0.15) is 0 Å². The Hall–Kier alpha value is -3.53. The second-order valence-electron chi connectivity index (χ2n) is 7.53. The van der Waals surface area contributed by atoms with E-state index >= 15 is 0 Å². The molecule has 0 amide bonds. The summed E-state index contributed by atoms with van der Waals surface area (Å²) in [5.74, 6) is 0. The number of aromatic nitrogens is 3. The molecule has 9 heteroatoms. The Morgan fingerprint density at radius 2 is 1.73 bits per heavy atom.